The van der Waals surface area contributed by atoms with E-state index in [1.54, 1.807) is 0 Å². The highest BCUT2D eigenvalue weighted by Gasteiger charge is 1.97. The summed E-state index contributed by atoms with van der Waals surface area (Å²) in [6.07, 6.45) is 2.24. The lowest BCUT2D eigenvalue weighted by molar-refractivity contribution is 0.493. The van der Waals surface area contributed by atoms with E-state index >= 15 is 0 Å². The van der Waals surface area contributed by atoms with E-state index in [0.717, 1.165) is 30.0 Å². The smallest absolute Gasteiger partial charge is 0.208 e. The van der Waals surface area contributed by atoms with Gasteiger partial charge in [-0.1, -0.05) is 51.1 Å². The normalized spacial score (nSPS) is 9.50. The van der Waals surface area contributed by atoms with Crippen molar-refractivity contribution < 1.29 is 12.8 Å². The molecule has 0 saturated carbocycles. The minimum atomic E-state index is -2.91. The molecule has 0 aliphatic heterocycles. The van der Waals surface area contributed by atoms with E-state index in [-0.39, 0.29) is 0 Å². The van der Waals surface area contributed by atoms with E-state index in [1.807, 2.05) is 40.7 Å². The average Bonchev–Trinajstić information content (AvgIpc) is 2.86. The number of hydrogen-bond donors (Lipinski definition) is 1. The minimum Gasteiger partial charge on any atom is -0.446 e. The summed E-state index contributed by atoms with van der Waals surface area (Å²) < 4.78 is 27.0. The molecule has 0 unspecified atom stereocenters. The van der Waals surface area contributed by atoms with Crippen molar-refractivity contribution in [2.45, 2.75) is 48.0 Å². The van der Waals surface area contributed by atoms with E-state index < -0.39 is 10.0 Å². The van der Waals surface area contributed by atoms with Crippen LogP contribution in [-0.2, 0) is 16.4 Å². The Balaban J connectivity index is 0. The third kappa shape index (κ3) is 14.0. The molecule has 0 amide bonds. The van der Waals surface area contributed by atoms with Gasteiger partial charge >= 0.3 is 0 Å². The van der Waals surface area contributed by atoms with E-state index in [9.17, 15) is 8.42 Å². The van der Waals surface area contributed by atoms with Gasteiger partial charge in [0.15, 0.2) is 5.89 Å². The number of sulfonamides is 1. The van der Waals surface area contributed by atoms with Crippen LogP contribution in [0.1, 0.15) is 43.7 Å². The van der Waals surface area contributed by atoms with Gasteiger partial charge in [0, 0.05) is 6.92 Å². The van der Waals surface area contributed by atoms with E-state index in [1.165, 1.54) is 12.6 Å². The maximum absolute atomic E-state index is 9.89. The largest absolute Gasteiger partial charge is 0.446 e. The Labute approximate surface area is 147 Å². The average molecular weight is 357 g/mol. The highest BCUT2D eigenvalue weighted by Crippen LogP contribution is 2.05. The van der Waals surface area contributed by atoms with Crippen LogP contribution < -0.4 is 4.72 Å². The predicted molar refractivity (Wildman–Crippen MR) is 102 cm³/mol. The molecule has 0 saturated heterocycles. The molecular formula is C18H32N2O3S. The second kappa shape index (κ2) is 13.7. The number of oxazole rings is 1. The van der Waals surface area contributed by atoms with Crippen molar-refractivity contribution in [2.75, 3.05) is 13.3 Å². The molecule has 0 bridgehead atoms. The Morgan fingerprint density at radius 1 is 1.08 bits per heavy atom. The number of rotatable bonds is 2. The number of nitrogens with zero attached hydrogens (tertiary/aromatic N) is 1. The maximum atomic E-state index is 9.89. The van der Waals surface area contributed by atoms with Gasteiger partial charge < -0.3 is 4.42 Å². The molecule has 2 rings (SSSR count). The van der Waals surface area contributed by atoms with E-state index in [4.69, 9.17) is 4.42 Å². The first-order chi connectivity index (χ1) is 11.2. The molecule has 1 aromatic carbocycles. The van der Waals surface area contributed by atoms with Gasteiger partial charge in [0.25, 0.3) is 0 Å². The zero-order valence-electron chi connectivity index (χ0n) is 16.2. The molecule has 0 radical (unpaired) electrons. The molecule has 0 aliphatic rings. The molecule has 0 fully saturated rings. The molecule has 138 valence electrons. The van der Waals surface area contributed by atoms with Crippen LogP contribution in [0.3, 0.4) is 0 Å². The van der Waals surface area contributed by atoms with Crippen LogP contribution in [0.15, 0.2) is 34.7 Å². The Morgan fingerprint density at radius 3 is 1.71 bits per heavy atom. The molecule has 1 N–H and O–H groups in total. The first-order valence-electron chi connectivity index (χ1n) is 8.02. The fraction of sp³-hybridized carbons (Fsp3) is 0.500. The molecule has 0 aliphatic carbocycles. The SMILES string of the molecule is CC.CCc1ccccc1.CNS(C)(=O)=O.Cc1nc(C)c(C)o1. The minimum absolute atomic E-state index is 0.750. The summed E-state index contributed by atoms with van der Waals surface area (Å²) in [5, 5.41) is 0. The van der Waals surface area contributed by atoms with Gasteiger partial charge in [0.2, 0.25) is 10.0 Å². The second-order valence-corrected chi connectivity index (χ2v) is 6.64. The molecule has 1 heterocycles. The van der Waals surface area contributed by atoms with Crippen molar-refractivity contribution in [3.63, 3.8) is 0 Å². The zero-order valence-corrected chi connectivity index (χ0v) is 17.0. The van der Waals surface area contributed by atoms with Crippen LogP contribution in [-0.4, -0.2) is 26.7 Å². The van der Waals surface area contributed by atoms with Gasteiger partial charge in [-0.3, -0.25) is 0 Å². The lowest BCUT2D eigenvalue weighted by atomic mass is 10.2. The Hall–Kier alpha value is -1.66. The number of aromatic nitrogens is 1. The first kappa shape index (κ1) is 24.6. The summed E-state index contributed by atoms with van der Waals surface area (Å²) in [5.41, 5.74) is 2.40. The number of benzene rings is 1. The summed E-state index contributed by atoms with van der Waals surface area (Å²) >= 11 is 0. The predicted octanol–water partition coefficient (Wildman–Crippen LogP) is 4.04. The maximum Gasteiger partial charge on any atom is 0.208 e. The molecule has 1 aromatic heterocycles. The van der Waals surface area contributed by atoms with Crippen LogP contribution in [0.5, 0.6) is 0 Å². The van der Waals surface area contributed by atoms with Crippen LogP contribution in [0.2, 0.25) is 0 Å². The quantitative estimate of drug-likeness (QED) is 0.881. The summed E-state index contributed by atoms with van der Waals surface area (Å²) in [6, 6.07) is 10.5. The Morgan fingerprint density at radius 2 is 1.54 bits per heavy atom. The number of nitrogens with one attached hydrogen (secondary N) is 1. The van der Waals surface area contributed by atoms with Crippen LogP contribution in [0.25, 0.3) is 0 Å². The Kier molecular flexibility index (Phi) is 14.1. The van der Waals surface area contributed by atoms with Gasteiger partial charge in [-0.2, -0.15) is 0 Å². The topological polar surface area (TPSA) is 72.2 Å². The van der Waals surface area contributed by atoms with Crippen LogP contribution in [0.4, 0.5) is 0 Å². The van der Waals surface area contributed by atoms with Gasteiger partial charge in [0.1, 0.15) is 5.76 Å². The number of aryl methyl sites for hydroxylation is 4. The lowest BCUT2D eigenvalue weighted by Crippen LogP contribution is -2.15. The molecule has 24 heavy (non-hydrogen) atoms. The summed E-state index contributed by atoms with van der Waals surface area (Å²) in [6.45, 7) is 11.9. The number of hydrogen-bond acceptors (Lipinski definition) is 4. The molecular weight excluding hydrogens is 324 g/mol. The van der Waals surface area contributed by atoms with Crippen molar-refractivity contribution in [3.05, 3.63) is 53.2 Å². The molecule has 5 nitrogen and oxygen atoms in total. The first-order valence-corrected chi connectivity index (χ1v) is 9.91. The molecule has 2 aromatic rings. The third-order valence-electron chi connectivity index (χ3n) is 2.76. The summed E-state index contributed by atoms with van der Waals surface area (Å²) in [4.78, 5) is 4.04. The lowest BCUT2D eigenvalue weighted by Gasteiger charge is -1.89. The highest BCUT2D eigenvalue weighted by molar-refractivity contribution is 7.88. The van der Waals surface area contributed by atoms with Crippen molar-refractivity contribution in [1.82, 2.24) is 9.71 Å². The van der Waals surface area contributed by atoms with Crippen molar-refractivity contribution >= 4 is 10.0 Å². The van der Waals surface area contributed by atoms with Crippen LogP contribution >= 0.6 is 0 Å². The van der Waals surface area contributed by atoms with Gasteiger partial charge in [0.05, 0.1) is 11.9 Å². The van der Waals surface area contributed by atoms with Crippen molar-refractivity contribution in [2.24, 2.45) is 0 Å². The fourth-order valence-electron chi connectivity index (χ4n) is 1.35. The van der Waals surface area contributed by atoms with Gasteiger partial charge in [-0.25, -0.2) is 18.1 Å². The van der Waals surface area contributed by atoms with Gasteiger partial charge in [-0.05, 0) is 32.9 Å². The summed E-state index contributed by atoms with van der Waals surface area (Å²) in [5.74, 6) is 1.67. The fourth-order valence-corrected chi connectivity index (χ4v) is 1.35. The molecule has 6 heteroatoms. The third-order valence-corrected chi connectivity index (χ3v) is 3.50. The second-order valence-electron chi connectivity index (χ2n) is 4.69. The highest BCUT2D eigenvalue weighted by atomic mass is 32.2. The monoisotopic (exact) mass is 356 g/mol. The standard InChI is InChI=1S/C8H10.C6H9NO.C2H7NO2S.C2H6/c1-2-8-6-4-3-5-7-8;1-4-5(2)8-6(3)7-4;1-3-6(2,4)5;1-2/h3-7H,2H2,1H3;1-3H3;3H,1-2H3;1-2H3. The van der Waals surface area contributed by atoms with Gasteiger partial charge in [-0.15, -0.1) is 0 Å². The van der Waals surface area contributed by atoms with E-state index in [0.29, 0.717) is 0 Å². The molecule has 0 atom stereocenters. The Bertz CT molecular complexity index is 616. The zero-order chi connectivity index (χ0) is 19.2. The van der Waals surface area contributed by atoms with Crippen LogP contribution in [0, 0.1) is 20.8 Å². The van der Waals surface area contributed by atoms with E-state index in [2.05, 4.69) is 40.9 Å². The summed E-state index contributed by atoms with van der Waals surface area (Å²) in [7, 11) is -1.54. The van der Waals surface area contributed by atoms with Crippen molar-refractivity contribution in [3.8, 4) is 0 Å². The van der Waals surface area contributed by atoms with Crippen molar-refractivity contribution in [1.29, 1.82) is 0 Å². The molecule has 0 spiro atoms.